The topological polar surface area (TPSA) is 49.8 Å². The first-order valence-corrected chi connectivity index (χ1v) is 4.99. The number of halogens is 1. The van der Waals surface area contributed by atoms with E-state index in [2.05, 4.69) is 13.8 Å². The Labute approximate surface area is 89.5 Å². The normalized spacial score (nSPS) is 12.5. The van der Waals surface area contributed by atoms with Crippen molar-refractivity contribution in [2.45, 2.75) is 26.3 Å². The molecule has 0 saturated heterocycles. The van der Waals surface area contributed by atoms with Crippen LogP contribution in [0.4, 0.5) is 4.39 Å². The Kier molecular flexibility index (Phi) is 3.81. The molecule has 2 nitrogen and oxygen atoms in total. The molecule has 0 amide bonds. The molecule has 2 N–H and O–H groups in total. The zero-order valence-corrected chi connectivity index (χ0v) is 9.00. The third-order valence-corrected chi connectivity index (χ3v) is 2.26. The maximum Gasteiger partial charge on any atom is 0.140 e. The van der Waals surface area contributed by atoms with E-state index in [0.717, 1.165) is 12.0 Å². The van der Waals surface area contributed by atoms with Gasteiger partial charge < -0.3 is 5.73 Å². The minimum absolute atomic E-state index is 0.0618. The number of benzene rings is 1. The van der Waals surface area contributed by atoms with Crippen LogP contribution in [-0.4, -0.2) is 0 Å². The molecular weight excluding hydrogens is 191 g/mol. The Morgan fingerprint density at radius 3 is 2.67 bits per heavy atom. The van der Waals surface area contributed by atoms with E-state index >= 15 is 0 Å². The van der Waals surface area contributed by atoms with E-state index in [4.69, 9.17) is 11.0 Å². The number of nitrogens with two attached hydrogens (primary N) is 1. The molecule has 0 aliphatic heterocycles. The molecule has 0 heterocycles. The van der Waals surface area contributed by atoms with Crippen molar-refractivity contribution < 1.29 is 4.39 Å². The molecule has 0 aliphatic carbocycles. The van der Waals surface area contributed by atoms with E-state index in [1.54, 1.807) is 6.07 Å². The molecule has 0 aromatic heterocycles. The van der Waals surface area contributed by atoms with Gasteiger partial charge in [-0.1, -0.05) is 19.9 Å². The molecule has 1 atom stereocenters. The van der Waals surface area contributed by atoms with Crippen LogP contribution in [0, 0.1) is 23.1 Å². The van der Waals surface area contributed by atoms with E-state index in [-0.39, 0.29) is 11.6 Å². The van der Waals surface area contributed by atoms with E-state index in [9.17, 15) is 4.39 Å². The number of nitriles is 1. The van der Waals surface area contributed by atoms with Gasteiger partial charge in [-0.2, -0.15) is 5.26 Å². The van der Waals surface area contributed by atoms with E-state index in [1.165, 1.54) is 12.1 Å². The summed E-state index contributed by atoms with van der Waals surface area (Å²) in [6.45, 7) is 4.16. The second-order valence-corrected chi connectivity index (χ2v) is 4.09. The van der Waals surface area contributed by atoms with Gasteiger partial charge in [0.25, 0.3) is 0 Å². The highest BCUT2D eigenvalue weighted by atomic mass is 19.1. The fraction of sp³-hybridized carbons (Fsp3) is 0.417. The molecule has 3 heteroatoms. The fourth-order valence-corrected chi connectivity index (χ4v) is 1.50. The molecule has 1 rings (SSSR count). The van der Waals surface area contributed by atoms with Crippen LogP contribution in [0.5, 0.6) is 0 Å². The van der Waals surface area contributed by atoms with Gasteiger partial charge in [-0.3, -0.25) is 0 Å². The molecule has 1 aromatic rings. The third kappa shape index (κ3) is 3.03. The van der Waals surface area contributed by atoms with Gasteiger partial charge >= 0.3 is 0 Å². The van der Waals surface area contributed by atoms with Crippen LogP contribution in [0.25, 0.3) is 0 Å². The second kappa shape index (κ2) is 4.90. The van der Waals surface area contributed by atoms with Crippen LogP contribution in [0.2, 0.25) is 0 Å². The molecule has 1 aromatic carbocycles. The standard InChI is InChI=1S/C12H15FN2/c1-8(2)5-12(15)9-3-4-11(13)10(6-9)7-14/h3-4,6,8,12H,5,15H2,1-2H3/t12-/m1/s1. The lowest BCUT2D eigenvalue weighted by Crippen LogP contribution is -2.13. The first kappa shape index (κ1) is 11.7. The van der Waals surface area contributed by atoms with E-state index in [0.29, 0.717) is 5.92 Å². The predicted octanol–water partition coefficient (Wildman–Crippen LogP) is 2.74. The average Bonchev–Trinajstić information content (AvgIpc) is 2.17. The van der Waals surface area contributed by atoms with Crippen LogP contribution in [0.1, 0.15) is 37.4 Å². The quantitative estimate of drug-likeness (QED) is 0.826. The molecule has 0 radical (unpaired) electrons. The Morgan fingerprint density at radius 2 is 2.13 bits per heavy atom. The Morgan fingerprint density at radius 1 is 1.47 bits per heavy atom. The zero-order chi connectivity index (χ0) is 11.4. The fourth-order valence-electron chi connectivity index (χ4n) is 1.50. The van der Waals surface area contributed by atoms with Crippen LogP contribution in [0.15, 0.2) is 18.2 Å². The van der Waals surface area contributed by atoms with E-state index < -0.39 is 5.82 Å². The summed E-state index contributed by atoms with van der Waals surface area (Å²) >= 11 is 0. The molecule has 80 valence electrons. The third-order valence-electron chi connectivity index (χ3n) is 2.26. The van der Waals surface area contributed by atoms with Crippen molar-refractivity contribution in [1.29, 1.82) is 5.26 Å². The summed E-state index contributed by atoms with van der Waals surface area (Å²) in [5, 5.41) is 8.68. The smallest absolute Gasteiger partial charge is 0.140 e. The van der Waals surface area contributed by atoms with Crippen LogP contribution >= 0.6 is 0 Å². The van der Waals surface area contributed by atoms with Crippen molar-refractivity contribution in [2.75, 3.05) is 0 Å². The average molecular weight is 206 g/mol. The van der Waals surface area contributed by atoms with Gasteiger partial charge in [0.2, 0.25) is 0 Å². The molecule has 0 spiro atoms. The minimum Gasteiger partial charge on any atom is -0.324 e. The number of hydrogen-bond donors (Lipinski definition) is 1. The lowest BCUT2D eigenvalue weighted by atomic mass is 9.96. The monoisotopic (exact) mass is 206 g/mol. The van der Waals surface area contributed by atoms with Gasteiger partial charge in [0.1, 0.15) is 11.9 Å². The summed E-state index contributed by atoms with van der Waals surface area (Å²) in [7, 11) is 0. The number of nitrogens with zero attached hydrogens (tertiary/aromatic N) is 1. The molecule has 0 bridgehead atoms. The second-order valence-electron chi connectivity index (χ2n) is 4.09. The lowest BCUT2D eigenvalue weighted by molar-refractivity contribution is 0.509. The highest BCUT2D eigenvalue weighted by molar-refractivity contribution is 5.35. The maximum atomic E-state index is 13.0. The summed E-state index contributed by atoms with van der Waals surface area (Å²) in [4.78, 5) is 0. The van der Waals surface area contributed by atoms with Crippen LogP contribution in [0.3, 0.4) is 0 Å². The van der Waals surface area contributed by atoms with Gasteiger partial charge in [-0.25, -0.2) is 4.39 Å². The molecule has 0 fully saturated rings. The Bertz CT molecular complexity index is 380. The zero-order valence-electron chi connectivity index (χ0n) is 9.00. The van der Waals surface area contributed by atoms with Crippen molar-refractivity contribution in [3.8, 4) is 6.07 Å². The minimum atomic E-state index is -0.488. The molecular formula is C12H15FN2. The number of rotatable bonds is 3. The SMILES string of the molecule is CC(C)C[C@@H](N)c1ccc(F)c(C#N)c1. The first-order valence-electron chi connectivity index (χ1n) is 4.99. The van der Waals surface area contributed by atoms with Gasteiger partial charge in [-0.05, 0) is 30.0 Å². The summed E-state index contributed by atoms with van der Waals surface area (Å²) < 4.78 is 13.0. The summed E-state index contributed by atoms with van der Waals surface area (Å²) in [6, 6.07) is 6.16. The summed E-state index contributed by atoms with van der Waals surface area (Å²) in [5.74, 6) is -0.00594. The summed E-state index contributed by atoms with van der Waals surface area (Å²) in [6.07, 6.45) is 0.830. The van der Waals surface area contributed by atoms with Crippen LogP contribution < -0.4 is 5.73 Å². The Hall–Kier alpha value is -1.40. The first-order chi connectivity index (χ1) is 7.04. The van der Waals surface area contributed by atoms with Crippen molar-refractivity contribution in [3.63, 3.8) is 0 Å². The lowest BCUT2D eigenvalue weighted by Gasteiger charge is -2.14. The number of hydrogen-bond acceptors (Lipinski definition) is 2. The molecule has 0 aliphatic rings. The largest absolute Gasteiger partial charge is 0.324 e. The van der Waals surface area contributed by atoms with Crippen LogP contribution in [-0.2, 0) is 0 Å². The molecule has 15 heavy (non-hydrogen) atoms. The van der Waals surface area contributed by atoms with E-state index in [1.807, 2.05) is 6.07 Å². The maximum absolute atomic E-state index is 13.0. The van der Waals surface area contributed by atoms with Crippen molar-refractivity contribution in [2.24, 2.45) is 11.7 Å². The predicted molar refractivity (Wildman–Crippen MR) is 57.5 cm³/mol. The van der Waals surface area contributed by atoms with Crippen molar-refractivity contribution >= 4 is 0 Å². The van der Waals surface area contributed by atoms with Crippen molar-refractivity contribution in [3.05, 3.63) is 35.1 Å². The highest BCUT2D eigenvalue weighted by Crippen LogP contribution is 2.20. The van der Waals surface area contributed by atoms with Gasteiger partial charge in [0.05, 0.1) is 5.56 Å². The Balaban J connectivity index is 2.92. The van der Waals surface area contributed by atoms with Crippen molar-refractivity contribution in [1.82, 2.24) is 0 Å². The summed E-state index contributed by atoms with van der Waals surface area (Å²) in [5.41, 5.74) is 6.82. The highest BCUT2D eigenvalue weighted by Gasteiger charge is 2.10. The molecule has 0 saturated carbocycles. The van der Waals surface area contributed by atoms with Gasteiger partial charge in [0.15, 0.2) is 0 Å². The molecule has 0 unspecified atom stereocenters. The van der Waals surface area contributed by atoms with Gasteiger partial charge in [-0.15, -0.1) is 0 Å². The van der Waals surface area contributed by atoms with Gasteiger partial charge in [0, 0.05) is 6.04 Å².